The largest absolute Gasteiger partial charge is 0.501 e. The highest BCUT2D eigenvalue weighted by Gasteiger charge is 2.46. The Morgan fingerprint density at radius 2 is 1.71 bits per heavy atom. The summed E-state index contributed by atoms with van der Waals surface area (Å²) in [6.07, 6.45) is 1.37. The van der Waals surface area contributed by atoms with E-state index in [0.29, 0.717) is 17.7 Å². The van der Waals surface area contributed by atoms with Gasteiger partial charge in [0.15, 0.2) is 0 Å². The molecule has 0 amide bonds. The van der Waals surface area contributed by atoms with Gasteiger partial charge in [0, 0.05) is 6.20 Å². The number of benzene rings is 1. The summed E-state index contributed by atoms with van der Waals surface area (Å²) in [6, 6.07) is 6.36. The minimum atomic E-state index is -5.56. The van der Waals surface area contributed by atoms with Crippen molar-refractivity contribution in [2.75, 3.05) is 0 Å². The molecule has 1 aromatic carbocycles. The molecule has 1 N–H and O–H groups in total. The van der Waals surface area contributed by atoms with E-state index in [9.17, 15) is 36.3 Å². The Labute approximate surface area is 198 Å². The van der Waals surface area contributed by atoms with Gasteiger partial charge in [-0.25, -0.2) is 27.6 Å². The Kier molecular flexibility index (Phi) is 6.59. The number of carbonyl (C=O) groups is 1. The molecule has 0 bridgehead atoms. The Morgan fingerprint density at radius 1 is 1.11 bits per heavy atom. The summed E-state index contributed by atoms with van der Waals surface area (Å²) < 4.78 is 68.7. The van der Waals surface area contributed by atoms with Gasteiger partial charge in [0.05, 0.1) is 22.8 Å². The van der Waals surface area contributed by atoms with E-state index in [1.165, 1.54) is 23.8 Å². The van der Waals surface area contributed by atoms with Crippen molar-refractivity contribution in [3.05, 3.63) is 70.0 Å². The van der Waals surface area contributed by atoms with Gasteiger partial charge in [0.25, 0.3) is 9.84 Å². The molecule has 0 aliphatic heterocycles. The van der Waals surface area contributed by atoms with Crippen molar-refractivity contribution in [3.8, 4) is 11.6 Å². The normalized spacial score (nSPS) is 12.5. The molecule has 2 heterocycles. The van der Waals surface area contributed by atoms with Crippen LogP contribution in [0.25, 0.3) is 5.69 Å². The highest BCUT2D eigenvalue weighted by Crippen LogP contribution is 2.31. The van der Waals surface area contributed by atoms with E-state index in [0.717, 1.165) is 16.7 Å². The lowest BCUT2D eigenvalue weighted by atomic mass is 10.2. The van der Waals surface area contributed by atoms with Gasteiger partial charge in [-0.2, -0.15) is 13.2 Å². The SMILES string of the molecule is Cc1c(O)n(-c2ccc(S(=O)(=O)C(F)(F)F)cc2)c(=O)n1Cc1ccnc(C(=O)OC(C)(C)C)c1. The van der Waals surface area contributed by atoms with Crippen molar-refractivity contribution in [2.24, 2.45) is 0 Å². The van der Waals surface area contributed by atoms with Gasteiger partial charge in [0.2, 0.25) is 5.88 Å². The summed E-state index contributed by atoms with van der Waals surface area (Å²) in [4.78, 5) is 28.3. The van der Waals surface area contributed by atoms with Gasteiger partial charge in [-0.05, 0) is 69.7 Å². The standard InChI is InChI=1S/C22H22F3N3O6S/c1-13-18(29)28(15-5-7-16(8-6-15)35(32,33)22(23,24)25)20(31)27(13)12-14-9-10-26-17(11-14)19(30)34-21(2,3)4/h5-11,29H,12H2,1-4H3. The number of imidazole rings is 1. The zero-order valence-electron chi connectivity index (χ0n) is 19.1. The third kappa shape index (κ3) is 5.24. The molecule has 3 rings (SSSR count). The fraction of sp³-hybridized carbons (Fsp3) is 0.318. The number of sulfone groups is 1. The van der Waals surface area contributed by atoms with E-state index < -0.39 is 43.4 Å². The maximum Gasteiger partial charge on any atom is 0.501 e. The average Bonchev–Trinajstić information content (AvgIpc) is 2.95. The number of aromatic nitrogens is 3. The van der Waals surface area contributed by atoms with E-state index in [1.54, 1.807) is 26.8 Å². The number of ether oxygens (including phenoxy) is 1. The van der Waals surface area contributed by atoms with Crippen molar-refractivity contribution in [3.63, 3.8) is 0 Å². The van der Waals surface area contributed by atoms with Crippen molar-refractivity contribution in [1.82, 2.24) is 14.1 Å². The molecule has 35 heavy (non-hydrogen) atoms. The van der Waals surface area contributed by atoms with Crippen molar-refractivity contribution < 1.29 is 36.2 Å². The van der Waals surface area contributed by atoms with Crippen LogP contribution in [-0.4, -0.2) is 44.7 Å². The quantitative estimate of drug-likeness (QED) is 0.520. The van der Waals surface area contributed by atoms with Crippen molar-refractivity contribution >= 4 is 15.8 Å². The van der Waals surface area contributed by atoms with E-state index in [-0.39, 0.29) is 23.6 Å². The van der Waals surface area contributed by atoms with Gasteiger partial charge >= 0.3 is 17.2 Å². The zero-order valence-corrected chi connectivity index (χ0v) is 19.9. The highest BCUT2D eigenvalue weighted by atomic mass is 32.2. The van der Waals surface area contributed by atoms with E-state index >= 15 is 0 Å². The summed E-state index contributed by atoms with van der Waals surface area (Å²) in [5.41, 5.74) is -6.33. The Hall–Kier alpha value is -3.61. The number of esters is 1. The van der Waals surface area contributed by atoms with Gasteiger partial charge < -0.3 is 9.84 Å². The van der Waals surface area contributed by atoms with Gasteiger partial charge in [-0.15, -0.1) is 0 Å². The maximum atomic E-state index is 13.0. The van der Waals surface area contributed by atoms with Gasteiger partial charge in [0.1, 0.15) is 11.3 Å². The number of alkyl halides is 3. The molecule has 0 saturated heterocycles. The van der Waals surface area contributed by atoms with Crippen molar-refractivity contribution in [2.45, 2.75) is 50.2 Å². The molecular weight excluding hydrogens is 491 g/mol. The number of hydrogen-bond acceptors (Lipinski definition) is 7. The number of pyridine rings is 1. The number of rotatable bonds is 5. The van der Waals surface area contributed by atoms with E-state index in [1.807, 2.05) is 0 Å². The molecule has 188 valence electrons. The van der Waals surface area contributed by atoms with Crippen LogP contribution in [0.5, 0.6) is 5.88 Å². The van der Waals surface area contributed by atoms with Crippen molar-refractivity contribution in [1.29, 1.82) is 0 Å². The molecule has 0 aliphatic carbocycles. The molecule has 2 aromatic heterocycles. The Morgan fingerprint density at radius 3 is 2.26 bits per heavy atom. The van der Waals surface area contributed by atoms with Crippen LogP contribution in [0.1, 0.15) is 42.5 Å². The molecule has 0 unspecified atom stereocenters. The van der Waals surface area contributed by atoms with E-state index in [2.05, 4.69) is 4.98 Å². The first-order valence-corrected chi connectivity index (χ1v) is 11.6. The second kappa shape index (κ2) is 8.87. The molecule has 9 nitrogen and oxygen atoms in total. The molecule has 3 aromatic rings. The van der Waals surface area contributed by atoms with Crippen LogP contribution in [0.15, 0.2) is 52.3 Å². The monoisotopic (exact) mass is 513 g/mol. The smallest absolute Gasteiger partial charge is 0.493 e. The van der Waals surface area contributed by atoms with Crippen LogP contribution in [0.3, 0.4) is 0 Å². The minimum Gasteiger partial charge on any atom is -0.493 e. The number of carbonyl (C=O) groups excluding carboxylic acids is 1. The fourth-order valence-electron chi connectivity index (χ4n) is 3.16. The first-order chi connectivity index (χ1) is 16.0. The van der Waals surface area contributed by atoms with Crippen LogP contribution in [-0.2, 0) is 21.1 Å². The third-order valence-corrected chi connectivity index (χ3v) is 6.35. The van der Waals surface area contributed by atoms with Gasteiger partial charge in [-0.3, -0.25) is 4.57 Å². The molecule has 0 saturated carbocycles. The average molecular weight is 513 g/mol. The summed E-state index contributed by atoms with van der Waals surface area (Å²) in [5.74, 6) is -1.14. The number of nitrogens with zero attached hydrogens (tertiary/aromatic N) is 3. The van der Waals surface area contributed by atoms with Crippen LogP contribution in [0.2, 0.25) is 0 Å². The maximum absolute atomic E-state index is 13.0. The molecule has 13 heteroatoms. The predicted octanol–water partition coefficient (Wildman–Crippen LogP) is 3.35. The molecule has 0 aliphatic rings. The van der Waals surface area contributed by atoms with Crippen LogP contribution < -0.4 is 5.69 Å². The van der Waals surface area contributed by atoms with Crippen LogP contribution in [0, 0.1) is 6.92 Å². The fourth-order valence-corrected chi connectivity index (χ4v) is 3.92. The Balaban J connectivity index is 1.96. The molecule has 0 fully saturated rings. The van der Waals surface area contributed by atoms with E-state index in [4.69, 9.17) is 4.74 Å². The molecular formula is C22H22F3N3O6S. The van der Waals surface area contributed by atoms with Crippen LogP contribution >= 0.6 is 0 Å². The lowest BCUT2D eigenvalue weighted by Crippen LogP contribution is -2.26. The summed E-state index contributed by atoms with van der Waals surface area (Å²) in [7, 11) is -5.56. The number of halogens is 3. The molecule has 0 spiro atoms. The minimum absolute atomic E-state index is 0.0215. The highest BCUT2D eigenvalue weighted by molar-refractivity contribution is 7.92. The number of aromatic hydroxyl groups is 1. The predicted molar refractivity (Wildman–Crippen MR) is 118 cm³/mol. The topological polar surface area (TPSA) is 120 Å². The summed E-state index contributed by atoms with van der Waals surface area (Å²) >= 11 is 0. The Bertz CT molecular complexity index is 1430. The lowest BCUT2D eigenvalue weighted by molar-refractivity contribution is -0.0436. The van der Waals surface area contributed by atoms with Gasteiger partial charge in [-0.1, -0.05) is 0 Å². The lowest BCUT2D eigenvalue weighted by Gasteiger charge is -2.19. The summed E-state index contributed by atoms with van der Waals surface area (Å²) in [6.45, 7) is 6.49. The third-order valence-electron chi connectivity index (χ3n) is 4.85. The second-order valence-electron chi connectivity index (χ2n) is 8.61. The van der Waals surface area contributed by atoms with Crippen LogP contribution in [0.4, 0.5) is 13.2 Å². The first kappa shape index (κ1) is 26.0. The molecule has 0 radical (unpaired) electrons. The number of hydrogen-bond donors (Lipinski definition) is 1. The summed E-state index contributed by atoms with van der Waals surface area (Å²) in [5, 5.41) is 10.5. The zero-order chi connectivity index (χ0) is 26.3. The first-order valence-electron chi connectivity index (χ1n) is 10.1. The second-order valence-corrected chi connectivity index (χ2v) is 10.5. The molecule has 0 atom stereocenters.